The van der Waals surface area contributed by atoms with E-state index in [0.717, 1.165) is 18.2 Å². The van der Waals surface area contributed by atoms with Gasteiger partial charge in [-0.25, -0.2) is 8.42 Å². The molecule has 0 radical (unpaired) electrons. The molecule has 0 saturated carbocycles. The molecule has 0 heterocycles. The van der Waals surface area contributed by atoms with Gasteiger partial charge in [0, 0.05) is 17.3 Å². The maximum atomic E-state index is 13.1. The maximum absolute atomic E-state index is 13.1. The van der Waals surface area contributed by atoms with Crippen molar-refractivity contribution in [3.05, 3.63) is 88.0 Å². The Hall–Kier alpha value is -3.93. The van der Waals surface area contributed by atoms with Gasteiger partial charge in [0.2, 0.25) is 9.84 Å². The Bertz CT molecular complexity index is 1290. The molecule has 0 bridgehead atoms. The summed E-state index contributed by atoms with van der Waals surface area (Å²) in [5, 5.41) is 22.3. The van der Waals surface area contributed by atoms with E-state index in [2.05, 4.69) is 5.32 Å². The number of alkyl halides is 3. The van der Waals surface area contributed by atoms with Gasteiger partial charge in [-0.3, -0.25) is 14.9 Å². The first-order valence-electron chi connectivity index (χ1n) is 8.71. The minimum atomic E-state index is -5.01. The molecule has 0 aliphatic heterocycles. The van der Waals surface area contributed by atoms with E-state index < -0.39 is 38.1 Å². The molecule has 0 atom stereocenters. The SMILES string of the molecule is O=C(Nc1ccc([N+](=O)[O-])c(C(F)(F)F)c1)c1ccc(S(=O)(=O)c2ccc(O)cc2)cc1. The monoisotopic (exact) mass is 466 g/mol. The average molecular weight is 466 g/mol. The summed E-state index contributed by atoms with van der Waals surface area (Å²) in [6.45, 7) is 0. The highest BCUT2D eigenvalue weighted by Gasteiger charge is 2.38. The molecule has 3 rings (SSSR count). The van der Waals surface area contributed by atoms with Crippen LogP contribution in [0.3, 0.4) is 0 Å². The van der Waals surface area contributed by atoms with Crippen molar-refractivity contribution in [1.82, 2.24) is 0 Å². The fourth-order valence-electron chi connectivity index (χ4n) is 2.75. The maximum Gasteiger partial charge on any atom is 0.423 e. The fraction of sp³-hybridized carbons (Fsp3) is 0.0500. The van der Waals surface area contributed by atoms with E-state index in [0.29, 0.717) is 12.1 Å². The third kappa shape index (κ3) is 4.70. The number of hydrogen-bond donors (Lipinski definition) is 2. The zero-order valence-corrected chi connectivity index (χ0v) is 16.6. The van der Waals surface area contributed by atoms with Gasteiger partial charge in [-0.2, -0.15) is 13.2 Å². The highest BCUT2D eigenvalue weighted by molar-refractivity contribution is 7.91. The topological polar surface area (TPSA) is 127 Å². The number of sulfone groups is 1. The minimum absolute atomic E-state index is 0.0541. The van der Waals surface area contributed by atoms with Gasteiger partial charge in [0.1, 0.15) is 11.3 Å². The molecule has 0 aliphatic rings. The number of amides is 1. The molecule has 0 unspecified atom stereocenters. The van der Waals surface area contributed by atoms with Gasteiger partial charge in [0.05, 0.1) is 14.7 Å². The van der Waals surface area contributed by atoms with Crippen LogP contribution in [0.2, 0.25) is 0 Å². The number of phenolic OH excluding ortho intramolecular Hbond substituents is 1. The molecule has 3 aromatic rings. The van der Waals surface area contributed by atoms with Crippen molar-refractivity contribution in [3.8, 4) is 5.75 Å². The number of phenols is 1. The lowest BCUT2D eigenvalue weighted by Gasteiger charge is -2.11. The Labute approximate surface area is 179 Å². The first kappa shape index (κ1) is 22.7. The minimum Gasteiger partial charge on any atom is -0.508 e. The molecule has 0 fully saturated rings. The van der Waals surface area contributed by atoms with Crippen molar-refractivity contribution < 1.29 is 36.4 Å². The quantitative estimate of drug-likeness (QED) is 0.424. The molecular weight excluding hydrogens is 453 g/mol. The Morgan fingerprint density at radius 3 is 1.97 bits per heavy atom. The van der Waals surface area contributed by atoms with E-state index in [1.54, 1.807) is 0 Å². The molecule has 2 N–H and O–H groups in total. The number of halogens is 3. The Morgan fingerprint density at radius 1 is 0.938 bits per heavy atom. The lowest BCUT2D eigenvalue weighted by Crippen LogP contribution is -2.14. The average Bonchev–Trinajstić information content (AvgIpc) is 2.73. The van der Waals surface area contributed by atoms with Crippen molar-refractivity contribution in [3.63, 3.8) is 0 Å². The van der Waals surface area contributed by atoms with Crippen molar-refractivity contribution in [2.75, 3.05) is 5.32 Å². The molecule has 12 heteroatoms. The lowest BCUT2D eigenvalue weighted by molar-refractivity contribution is -0.388. The summed E-state index contributed by atoms with van der Waals surface area (Å²) in [6.07, 6.45) is -5.01. The van der Waals surface area contributed by atoms with Crippen LogP contribution in [0.15, 0.2) is 76.5 Å². The summed E-state index contributed by atoms with van der Waals surface area (Å²) >= 11 is 0. The number of carbonyl (C=O) groups is 1. The summed E-state index contributed by atoms with van der Waals surface area (Å²) in [4.78, 5) is 21.8. The number of anilines is 1. The van der Waals surface area contributed by atoms with Crippen LogP contribution >= 0.6 is 0 Å². The van der Waals surface area contributed by atoms with Gasteiger partial charge >= 0.3 is 6.18 Å². The standard InChI is InChI=1S/C20H13F3N2O6S/c21-20(22,23)17-11-13(3-10-18(17)25(28)29)24-19(27)12-1-6-15(7-2-12)32(30,31)16-8-4-14(26)5-9-16/h1-11,26H,(H,24,27). The van der Waals surface area contributed by atoms with Crippen LogP contribution < -0.4 is 5.32 Å². The van der Waals surface area contributed by atoms with Crippen LogP contribution in [0, 0.1) is 10.1 Å². The zero-order chi connectivity index (χ0) is 23.7. The number of benzene rings is 3. The Balaban J connectivity index is 1.84. The summed E-state index contributed by atoms with van der Waals surface area (Å²) in [5.41, 5.74) is -3.05. The molecule has 0 aliphatic carbocycles. The van der Waals surface area contributed by atoms with E-state index >= 15 is 0 Å². The van der Waals surface area contributed by atoms with Crippen LogP contribution in [0.4, 0.5) is 24.5 Å². The Kier molecular flexibility index (Phi) is 5.90. The van der Waals surface area contributed by atoms with E-state index in [1.807, 2.05) is 0 Å². The molecule has 0 aromatic heterocycles. The second-order valence-electron chi connectivity index (χ2n) is 6.46. The number of nitrogens with one attached hydrogen (secondary N) is 1. The van der Waals surface area contributed by atoms with Crippen molar-refractivity contribution >= 4 is 27.1 Å². The van der Waals surface area contributed by atoms with Crippen LogP contribution in [-0.2, 0) is 16.0 Å². The van der Waals surface area contributed by atoms with Gasteiger partial charge in [-0.1, -0.05) is 0 Å². The van der Waals surface area contributed by atoms with E-state index in [1.165, 1.54) is 36.4 Å². The molecule has 8 nitrogen and oxygen atoms in total. The molecular formula is C20H13F3N2O6S. The van der Waals surface area contributed by atoms with Gasteiger partial charge in [-0.15, -0.1) is 0 Å². The highest BCUT2D eigenvalue weighted by Crippen LogP contribution is 2.37. The third-order valence-corrected chi connectivity index (χ3v) is 6.12. The number of nitro groups is 1. The summed E-state index contributed by atoms with van der Waals surface area (Å²) in [5.74, 6) is -0.962. The second kappa shape index (κ2) is 8.30. The van der Waals surface area contributed by atoms with Gasteiger partial charge < -0.3 is 10.4 Å². The van der Waals surface area contributed by atoms with Crippen molar-refractivity contribution in [2.45, 2.75) is 16.0 Å². The van der Waals surface area contributed by atoms with E-state index in [9.17, 15) is 41.6 Å². The lowest BCUT2D eigenvalue weighted by atomic mass is 10.1. The fourth-order valence-corrected chi connectivity index (χ4v) is 4.01. The van der Waals surface area contributed by atoms with Crippen LogP contribution in [0.25, 0.3) is 0 Å². The smallest absolute Gasteiger partial charge is 0.423 e. The largest absolute Gasteiger partial charge is 0.508 e. The van der Waals surface area contributed by atoms with E-state index in [4.69, 9.17) is 0 Å². The molecule has 32 heavy (non-hydrogen) atoms. The van der Waals surface area contributed by atoms with Crippen LogP contribution in [-0.4, -0.2) is 24.4 Å². The molecule has 1 amide bonds. The third-order valence-electron chi connectivity index (χ3n) is 4.33. The normalized spacial score (nSPS) is 11.7. The van der Waals surface area contributed by atoms with Gasteiger partial charge in [0.25, 0.3) is 11.6 Å². The molecule has 3 aromatic carbocycles. The van der Waals surface area contributed by atoms with Crippen molar-refractivity contribution in [2.24, 2.45) is 0 Å². The van der Waals surface area contributed by atoms with Crippen LogP contribution in [0.1, 0.15) is 15.9 Å². The summed E-state index contributed by atoms with van der Waals surface area (Å²) in [7, 11) is -3.92. The zero-order valence-electron chi connectivity index (χ0n) is 15.8. The molecule has 166 valence electrons. The van der Waals surface area contributed by atoms with E-state index in [-0.39, 0.29) is 26.8 Å². The number of rotatable bonds is 5. The number of aromatic hydroxyl groups is 1. The van der Waals surface area contributed by atoms with Crippen LogP contribution in [0.5, 0.6) is 5.75 Å². The van der Waals surface area contributed by atoms with Gasteiger partial charge in [-0.05, 0) is 60.7 Å². The number of hydrogen-bond acceptors (Lipinski definition) is 6. The van der Waals surface area contributed by atoms with Gasteiger partial charge in [0.15, 0.2) is 0 Å². The van der Waals surface area contributed by atoms with Crippen molar-refractivity contribution in [1.29, 1.82) is 0 Å². The molecule has 0 saturated heterocycles. The summed E-state index contributed by atoms with van der Waals surface area (Å²) < 4.78 is 64.4. The first-order chi connectivity index (χ1) is 14.9. The number of carbonyl (C=O) groups excluding carboxylic acids is 1. The number of nitro benzene ring substituents is 1. The summed E-state index contributed by atoms with van der Waals surface area (Å²) in [6, 6.07) is 11.5. The second-order valence-corrected chi connectivity index (χ2v) is 8.41. The number of nitrogens with zero attached hydrogens (tertiary/aromatic N) is 1. The predicted octanol–water partition coefficient (Wildman–Crippen LogP) is 4.40. The Morgan fingerprint density at radius 2 is 1.47 bits per heavy atom. The highest BCUT2D eigenvalue weighted by atomic mass is 32.2. The predicted molar refractivity (Wildman–Crippen MR) is 106 cm³/mol. The first-order valence-corrected chi connectivity index (χ1v) is 10.2. The molecule has 0 spiro atoms.